The fourth-order valence-corrected chi connectivity index (χ4v) is 4.32. The van der Waals surface area contributed by atoms with E-state index in [9.17, 15) is 18.8 Å². The zero-order valence-electron chi connectivity index (χ0n) is 17.8. The Hall–Kier alpha value is -3.46. The van der Waals surface area contributed by atoms with E-state index in [1.807, 2.05) is 0 Å². The fourth-order valence-electron chi connectivity index (χ4n) is 4.14. The van der Waals surface area contributed by atoms with E-state index >= 15 is 0 Å². The quantitative estimate of drug-likeness (QED) is 0.594. The third-order valence-corrected chi connectivity index (χ3v) is 6.05. The predicted molar refractivity (Wildman–Crippen MR) is 122 cm³/mol. The molecule has 172 valence electrons. The van der Waals surface area contributed by atoms with Crippen LogP contribution in [0.5, 0.6) is 0 Å². The van der Waals surface area contributed by atoms with Crippen LogP contribution in [0, 0.1) is 5.82 Å². The highest BCUT2D eigenvalue weighted by molar-refractivity contribution is 6.31. The first-order valence-corrected chi connectivity index (χ1v) is 11.0. The lowest BCUT2D eigenvalue weighted by atomic mass is 10.1. The van der Waals surface area contributed by atoms with Gasteiger partial charge < -0.3 is 16.0 Å². The van der Waals surface area contributed by atoms with Gasteiger partial charge in [-0.1, -0.05) is 48.7 Å². The summed E-state index contributed by atoms with van der Waals surface area (Å²) in [5.41, 5.74) is 6.09. The minimum atomic E-state index is -0.768. The van der Waals surface area contributed by atoms with Crippen molar-refractivity contribution < 1.29 is 18.8 Å². The van der Waals surface area contributed by atoms with Crippen molar-refractivity contribution in [2.24, 2.45) is 5.73 Å². The molecule has 1 aliphatic rings. The van der Waals surface area contributed by atoms with Gasteiger partial charge in [-0.3, -0.25) is 19.1 Å². The number of benzene rings is 2. The lowest BCUT2D eigenvalue weighted by Gasteiger charge is -2.29. The lowest BCUT2D eigenvalue weighted by Crippen LogP contribution is -2.48. The van der Waals surface area contributed by atoms with Gasteiger partial charge in [0.2, 0.25) is 11.8 Å². The van der Waals surface area contributed by atoms with Gasteiger partial charge in [0.25, 0.3) is 5.91 Å². The minimum Gasteiger partial charge on any atom is -0.364 e. The fraction of sp³-hybridized carbons (Fsp3) is 0.304. The maximum Gasteiger partial charge on any atom is 0.269 e. The van der Waals surface area contributed by atoms with Crippen LogP contribution in [0.1, 0.15) is 36.2 Å². The number of amides is 3. The van der Waals surface area contributed by atoms with Crippen LogP contribution < -0.4 is 11.1 Å². The minimum absolute atomic E-state index is 0.0340. The summed E-state index contributed by atoms with van der Waals surface area (Å²) in [6, 6.07) is 10.6. The molecule has 1 fully saturated rings. The second kappa shape index (κ2) is 9.58. The van der Waals surface area contributed by atoms with E-state index in [4.69, 9.17) is 17.3 Å². The van der Waals surface area contributed by atoms with Crippen LogP contribution in [0.4, 0.5) is 10.1 Å². The molecule has 33 heavy (non-hydrogen) atoms. The number of anilines is 1. The van der Waals surface area contributed by atoms with E-state index < -0.39 is 23.7 Å². The molecular formula is C23H23ClFN5O3. The van der Waals surface area contributed by atoms with Crippen molar-refractivity contribution in [2.75, 3.05) is 11.9 Å². The number of nitrogens with zero attached hydrogens (tertiary/aromatic N) is 3. The van der Waals surface area contributed by atoms with Gasteiger partial charge >= 0.3 is 0 Å². The first-order valence-electron chi connectivity index (χ1n) is 10.7. The zero-order chi connectivity index (χ0) is 23.5. The number of carbonyl (C=O) groups is 3. The number of hydrogen-bond acceptors (Lipinski definition) is 4. The van der Waals surface area contributed by atoms with Crippen LogP contribution in [0.2, 0.25) is 5.02 Å². The van der Waals surface area contributed by atoms with Gasteiger partial charge in [-0.2, -0.15) is 5.10 Å². The number of carbonyl (C=O) groups excluding carboxylic acids is 3. The molecule has 10 heteroatoms. The summed E-state index contributed by atoms with van der Waals surface area (Å²) in [4.78, 5) is 39.7. The molecule has 1 aliphatic heterocycles. The van der Waals surface area contributed by atoms with Gasteiger partial charge in [-0.25, -0.2) is 4.39 Å². The van der Waals surface area contributed by atoms with E-state index in [-0.39, 0.29) is 28.9 Å². The van der Waals surface area contributed by atoms with Crippen molar-refractivity contribution in [1.82, 2.24) is 14.7 Å². The van der Waals surface area contributed by atoms with Crippen molar-refractivity contribution in [3.05, 3.63) is 59.0 Å². The number of rotatable bonds is 5. The number of likely N-dealkylation sites (tertiary alicyclic amines) is 1. The first kappa shape index (κ1) is 22.7. The maximum absolute atomic E-state index is 14.3. The van der Waals surface area contributed by atoms with E-state index in [0.29, 0.717) is 23.9 Å². The summed E-state index contributed by atoms with van der Waals surface area (Å²) in [6.45, 7) is 0.222. The third-order valence-electron chi connectivity index (χ3n) is 5.76. The Morgan fingerprint density at radius 1 is 1.12 bits per heavy atom. The molecule has 8 nitrogen and oxygen atoms in total. The van der Waals surface area contributed by atoms with Gasteiger partial charge in [0.15, 0.2) is 11.5 Å². The third kappa shape index (κ3) is 4.68. The molecule has 3 amide bonds. The van der Waals surface area contributed by atoms with Crippen molar-refractivity contribution in [1.29, 1.82) is 0 Å². The molecule has 0 bridgehead atoms. The summed E-state index contributed by atoms with van der Waals surface area (Å²) in [6.07, 6.45) is 2.83. The predicted octanol–water partition coefficient (Wildman–Crippen LogP) is 3.34. The van der Waals surface area contributed by atoms with Crippen molar-refractivity contribution in [3.8, 4) is 0 Å². The zero-order valence-corrected chi connectivity index (χ0v) is 18.5. The summed E-state index contributed by atoms with van der Waals surface area (Å²) in [7, 11) is 0. The maximum atomic E-state index is 14.3. The molecule has 0 saturated carbocycles. The average molecular weight is 472 g/mol. The van der Waals surface area contributed by atoms with Gasteiger partial charge in [0.05, 0.1) is 16.2 Å². The van der Waals surface area contributed by atoms with Crippen molar-refractivity contribution in [2.45, 2.75) is 38.3 Å². The van der Waals surface area contributed by atoms with Crippen LogP contribution >= 0.6 is 11.6 Å². The smallest absolute Gasteiger partial charge is 0.269 e. The molecule has 1 saturated heterocycles. The van der Waals surface area contributed by atoms with Crippen LogP contribution in [0.15, 0.2) is 42.5 Å². The molecule has 3 aromatic rings. The Morgan fingerprint density at radius 3 is 2.70 bits per heavy atom. The first-order chi connectivity index (χ1) is 15.9. The van der Waals surface area contributed by atoms with Crippen LogP contribution in [0.25, 0.3) is 10.9 Å². The molecule has 2 heterocycles. The topological polar surface area (TPSA) is 110 Å². The standard InChI is InChI=1S/C23H23ClFN5O3/c24-15-8-6-9-16(20(15)25)27-23(33)18-11-2-1-5-12-29(18)19(31)13-30-17-10-4-3-7-14(17)21(28-30)22(26)32/h3-4,6-10,18H,1-2,5,11-13H2,(H2,26,32)(H,27,33)/t18-/m0/s1. The number of hydrogen-bond donors (Lipinski definition) is 2. The van der Waals surface area contributed by atoms with Gasteiger partial charge in [-0.15, -0.1) is 0 Å². The Bertz CT molecular complexity index is 1230. The van der Waals surface area contributed by atoms with Gasteiger partial charge in [-0.05, 0) is 31.0 Å². The lowest BCUT2D eigenvalue weighted by molar-refractivity contribution is -0.139. The Kier molecular flexibility index (Phi) is 6.60. The van der Waals surface area contributed by atoms with E-state index in [2.05, 4.69) is 10.4 Å². The van der Waals surface area contributed by atoms with Crippen LogP contribution in [0.3, 0.4) is 0 Å². The number of fused-ring (bicyclic) bond motifs is 1. The SMILES string of the molecule is NC(=O)c1nn(CC(=O)N2CCCCC[C@H]2C(=O)Nc2cccc(Cl)c2F)c2ccccc12. The number of halogens is 2. The Balaban J connectivity index is 1.59. The monoisotopic (exact) mass is 471 g/mol. The summed E-state index contributed by atoms with van der Waals surface area (Å²) >= 11 is 5.82. The van der Waals surface area contributed by atoms with Crippen LogP contribution in [-0.4, -0.2) is 45.0 Å². The molecular weight excluding hydrogens is 449 g/mol. The van der Waals surface area contributed by atoms with E-state index in [1.54, 1.807) is 24.3 Å². The molecule has 3 N–H and O–H groups in total. The molecule has 1 atom stereocenters. The molecule has 0 radical (unpaired) electrons. The number of para-hydroxylation sites is 1. The van der Waals surface area contributed by atoms with Crippen LogP contribution in [-0.2, 0) is 16.1 Å². The second-order valence-corrected chi connectivity index (χ2v) is 8.34. The van der Waals surface area contributed by atoms with Crippen molar-refractivity contribution >= 4 is 45.9 Å². The summed E-state index contributed by atoms with van der Waals surface area (Å²) < 4.78 is 15.7. The number of primary amides is 1. The Morgan fingerprint density at radius 2 is 1.91 bits per heavy atom. The van der Waals surface area contributed by atoms with Gasteiger partial charge in [0, 0.05) is 11.9 Å². The highest BCUT2D eigenvalue weighted by Gasteiger charge is 2.32. The molecule has 0 unspecified atom stereocenters. The number of nitrogens with one attached hydrogen (secondary N) is 1. The molecule has 2 aromatic carbocycles. The second-order valence-electron chi connectivity index (χ2n) is 7.93. The number of nitrogens with two attached hydrogens (primary N) is 1. The summed E-state index contributed by atoms with van der Waals surface area (Å²) in [5, 5.41) is 7.26. The highest BCUT2D eigenvalue weighted by Crippen LogP contribution is 2.25. The molecule has 4 rings (SSSR count). The number of aromatic nitrogens is 2. The molecule has 0 spiro atoms. The highest BCUT2D eigenvalue weighted by atomic mass is 35.5. The van der Waals surface area contributed by atoms with Gasteiger partial charge in [0.1, 0.15) is 12.6 Å². The van der Waals surface area contributed by atoms with Crippen molar-refractivity contribution in [3.63, 3.8) is 0 Å². The van der Waals surface area contributed by atoms with E-state index in [1.165, 1.54) is 27.8 Å². The Labute approximate surface area is 194 Å². The normalized spacial score (nSPS) is 16.4. The molecule has 0 aliphatic carbocycles. The summed E-state index contributed by atoms with van der Waals surface area (Å²) in [5.74, 6) is -2.21. The largest absolute Gasteiger partial charge is 0.364 e. The average Bonchev–Trinajstić information content (AvgIpc) is 2.98. The molecule has 1 aromatic heterocycles. The van der Waals surface area contributed by atoms with E-state index in [0.717, 1.165) is 19.3 Å².